The first-order chi connectivity index (χ1) is 12.3. The fraction of sp³-hybridized carbons (Fsp3) is 0.0476. The van der Waals surface area contributed by atoms with E-state index in [4.69, 9.17) is 0 Å². The predicted octanol–water partition coefficient (Wildman–Crippen LogP) is 4.78. The summed E-state index contributed by atoms with van der Waals surface area (Å²) in [5, 5.41) is 1.97. The van der Waals surface area contributed by atoms with E-state index in [9.17, 15) is 4.79 Å². The minimum atomic E-state index is -0.221. The zero-order chi connectivity index (χ0) is 17.2. The Balaban J connectivity index is 1.90. The van der Waals surface area contributed by atoms with Crippen molar-refractivity contribution in [3.05, 3.63) is 89.7 Å². The molecule has 0 bridgehead atoms. The van der Waals surface area contributed by atoms with Gasteiger partial charge in [-0.3, -0.25) is 4.79 Å². The standard InChI is InChI=1S/C21H16N2OS/c1-2-14-23-18-12-5-6-13-19(18)25-21(23)22-20(24)17-11-7-9-15-8-3-4-10-16(15)17/h2-13H,1,14H2. The van der Waals surface area contributed by atoms with Gasteiger partial charge >= 0.3 is 0 Å². The van der Waals surface area contributed by atoms with Crippen LogP contribution in [0.15, 0.2) is 84.4 Å². The molecule has 0 aliphatic carbocycles. The number of thiazole rings is 1. The van der Waals surface area contributed by atoms with Gasteiger partial charge in [0.15, 0.2) is 4.80 Å². The number of hydrogen-bond donors (Lipinski definition) is 0. The van der Waals surface area contributed by atoms with Gasteiger partial charge in [-0.15, -0.1) is 6.58 Å². The minimum Gasteiger partial charge on any atom is -0.312 e. The van der Waals surface area contributed by atoms with Gasteiger partial charge in [0, 0.05) is 12.1 Å². The summed E-state index contributed by atoms with van der Waals surface area (Å²) in [4.78, 5) is 18.0. The number of rotatable bonds is 3. The maximum atomic E-state index is 12.9. The van der Waals surface area contributed by atoms with Crippen molar-refractivity contribution >= 4 is 38.2 Å². The first-order valence-electron chi connectivity index (χ1n) is 8.04. The van der Waals surface area contributed by atoms with Gasteiger partial charge in [0.25, 0.3) is 5.91 Å². The van der Waals surface area contributed by atoms with Gasteiger partial charge in [0.05, 0.1) is 10.2 Å². The number of benzene rings is 3. The molecule has 0 saturated carbocycles. The summed E-state index contributed by atoms with van der Waals surface area (Å²) in [6.45, 7) is 4.44. The first-order valence-corrected chi connectivity index (χ1v) is 8.85. The molecule has 0 saturated heterocycles. The fourth-order valence-corrected chi connectivity index (χ4v) is 4.01. The lowest BCUT2D eigenvalue weighted by Gasteiger charge is -2.03. The van der Waals surface area contributed by atoms with Gasteiger partial charge in [-0.25, -0.2) is 0 Å². The molecule has 0 atom stereocenters. The Morgan fingerprint density at radius 1 is 1.04 bits per heavy atom. The Morgan fingerprint density at radius 3 is 2.68 bits per heavy atom. The minimum absolute atomic E-state index is 0.221. The Labute approximate surface area is 149 Å². The van der Waals surface area contributed by atoms with Gasteiger partial charge in [-0.2, -0.15) is 4.99 Å². The van der Waals surface area contributed by atoms with Gasteiger partial charge in [-0.1, -0.05) is 65.9 Å². The molecule has 3 aromatic carbocycles. The lowest BCUT2D eigenvalue weighted by Crippen LogP contribution is -2.16. The van der Waals surface area contributed by atoms with E-state index in [0.717, 1.165) is 21.0 Å². The van der Waals surface area contributed by atoms with Crippen molar-refractivity contribution in [3.63, 3.8) is 0 Å². The van der Waals surface area contributed by atoms with Gasteiger partial charge in [0.1, 0.15) is 0 Å². The van der Waals surface area contributed by atoms with Gasteiger partial charge in [-0.05, 0) is 29.0 Å². The van der Waals surface area contributed by atoms with Crippen molar-refractivity contribution in [2.45, 2.75) is 6.54 Å². The maximum Gasteiger partial charge on any atom is 0.280 e. The lowest BCUT2D eigenvalue weighted by atomic mass is 10.0. The lowest BCUT2D eigenvalue weighted by molar-refractivity contribution is 0.0999. The molecular weight excluding hydrogens is 328 g/mol. The third-order valence-corrected chi connectivity index (χ3v) is 5.18. The second kappa shape index (κ2) is 6.49. The molecule has 122 valence electrons. The van der Waals surface area contributed by atoms with Crippen LogP contribution in [0.1, 0.15) is 10.4 Å². The molecule has 0 fully saturated rings. The molecule has 0 aliphatic heterocycles. The highest BCUT2D eigenvalue weighted by molar-refractivity contribution is 7.16. The van der Waals surface area contributed by atoms with Gasteiger partial charge < -0.3 is 4.57 Å². The second-order valence-corrected chi connectivity index (χ2v) is 6.70. The number of carbonyl (C=O) groups excluding carboxylic acids is 1. The van der Waals surface area contributed by atoms with Crippen LogP contribution >= 0.6 is 11.3 Å². The number of hydrogen-bond acceptors (Lipinski definition) is 2. The quantitative estimate of drug-likeness (QED) is 0.492. The molecular formula is C21H16N2OS. The van der Waals surface area contributed by atoms with E-state index in [1.165, 1.54) is 11.3 Å². The monoisotopic (exact) mass is 344 g/mol. The number of nitrogens with zero attached hydrogens (tertiary/aromatic N) is 2. The Bertz CT molecular complexity index is 1160. The molecule has 0 aliphatic rings. The van der Waals surface area contributed by atoms with Crippen LogP contribution < -0.4 is 4.80 Å². The SMILES string of the molecule is C=CCn1c(=NC(=O)c2cccc3ccccc23)sc2ccccc21. The van der Waals surface area contributed by atoms with Crippen molar-refractivity contribution in [2.24, 2.45) is 4.99 Å². The number of carbonyl (C=O) groups is 1. The van der Waals surface area contributed by atoms with Crippen LogP contribution in [-0.4, -0.2) is 10.5 Å². The Hall–Kier alpha value is -2.98. The third kappa shape index (κ3) is 2.81. The molecule has 0 spiro atoms. The third-order valence-electron chi connectivity index (χ3n) is 4.12. The predicted molar refractivity (Wildman–Crippen MR) is 104 cm³/mol. The Kier molecular flexibility index (Phi) is 4.04. The van der Waals surface area contributed by atoms with E-state index in [-0.39, 0.29) is 5.91 Å². The molecule has 1 amide bonds. The van der Waals surface area contributed by atoms with Crippen LogP contribution in [-0.2, 0) is 6.54 Å². The number of aromatic nitrogens is 1. The molecule has 0 N–H and O–H groups in total. The first kappa shape index (κ1) is 15.5. The van der Waals surface area contributed by atoms with E-state index in [1.807, 2.05) is 77.4 Å². The van der Waals surface area contributed by atoms with Gasteiger partial charge in [0.2, 0.25) is 0 Å². The average molecular weight is 344 g/mol. The topological polar surface area (TPSA) is 34.4 Å². The van der Waals surface area contributed by atoms with E-state index in [0.29, 0.717) is 16.9 Å². The molecule has 4 rings (SSSR count). The van der Waals surface area contributed by atoms with Crippen LogP contribution in [0.2, 0.25) is 0 Å². The van der Waals surface area contributed by atoms with E-state index >= 15 is 0 Å². The number of amides is 1. The summed E-state index contributed by atoms with van der Waals surface area (Å²) in [5.74, 6) is -0.221. The molecule has 1 heterocycles. The largest absolute Gasteiger partial charge is 0.312 e. The van der Waals surface area contributed by atoms with Crippen molar-refractivity contribution < 1.29 is 4.79 Å². The second-order valence-electron chi connectivity index (χ2n) is 5.70. The molecule has 4 aromatic rings. The zero-order valence-electron chi connectivity index (χ0n) is 13.6. The number of fused-ring (bicyclic) bond motifs is 2. The number of para-hydroxylation sites is 1. The number of allylic oxidation sites excluding steroid dienone is 1. The fourth-order valence-electron chi connectivity index (χ4n) is 2.97. The summed E-state index contributed by atoms with van der Waals surface area (Å²) >= 11 is 1.52. The zero-order valence-corrected chi connectivity index (χ0v) is 14.4. The summed E-state index contributed by atoms with van der Waals surface area (Å²) in [5.41, 5.74) is 1.69. The van der Waals surface area contributed by atoms with Crippen molar-refractivity contribution in [1.82, 2.24) is 4.57 Å². The smallest absolute Gasteiger partial charge is 0.280 e. The molecule has 3 nitrogen and oxygen atoms in total. The molecule has 1 aromatic heterocycles. The van der Waals surface area contributed by atoms with Crippen LogP contribution in [0.3, 0.4) is 0 Å². The van der Waals surface area contributed by atoms with Crippen molar-refractivity contribution in [1.29, 1.82) is 0 Å². The normalized spacial score (nSPS) is 11.9. The molecule has 0 radical (unpaired) electrons. The summed E-state index contributed by atoms with van der Waals surface area (Å²) in [6.07, 6.45) is 1.82. The summed E-state index contributed by atoms with van der Waals surface area (Å²) in [6, 6.07) is 21.7. The van der Waals surface area contributed by atoms with E-state index in [1.54, 1.807) is 0 Å². The Morgan fingerprint density at radius 2 is 1.80 bits per heavy atom. The maximum absolute atomic E-state index is 12.9. The summed E-state index contributed by atoms with van der Waals surface area (Å²) in [7, 11) is 0. The summed E-state index contributed by atoms with van der Waals surface area (Å²) < 4.78 is 3.13. The molecule has 25 heavy (non-hydrogen) atoms. The van der Waals surface area contributed by atoms with Crippen molar-refractivity contribution in [2.75, 3.05) is 0 Å². The van der Waals surface area contributed by atoms with E-state index < -0.39 is 0 Å². The van der Waals surface area contributed by atoms with Crippen LogP contribution in [0.5, 0.6) is 0 Å². The highest BCUT2D eigenvalue weighted by Gasteiger charge is 2.11. The van der Waals surface area contributed by atoms with Crippen LogP contribution in [0.25, 0.3) is 21.0 Å². The average Bonchev–Trinajstić information content (AvgIpc) is 2.99. The van der Waals surface area contributed by atoms with Crippen LogP contribution in [0.4, 0.5) is 0 Å². The van der Waals surface area contributed by atoms with Crippen LogP contribution in [0, 0.1) is 0 Å². The molecule has 0 unspecified atom stereocenters. The van der Waals surface area contributed by atoms with Crippen molar-refractivity contribution in [3.8, 4) is 0 Å². The molecule has 4 heteroatoms. The highest BCUT2D eigenvalue weighted by Crippen LogP contribution is 2.20. The highest BCUT2D eigenvalue weighted by atomic mass is 32.1. The van der Waals surface area contributed by atoms with E-state index in [2.05, 4.69) is 11.6 Å².